The molecule has 8 nitrogen and oxygen atoms in total. The molecule has 34 heavy (non-hydrogen) atoms. The number of carbonyl (C=O) groups excluding carboxylic acids is 1. The number of fused-ring (bicyclic) bond motifs is 2. The Morgan fingerprint density at radius 1 is 1.00 bits per heavy atom. The fourth-order valence-electron chi connectivity index (χ4n) is 3.33. The highest BCUT2D eigenvalue weighted by Gasteiger charge is 2.29. The normalized spacial score (nSPS) is 12.4. The lowest BCUT2D eigenvalue weighted by atomic mass is 10.2. The van der Waals surface area contributed by atoms with E-state index in [9.17, 15) is 14.4 Å². The Kier molecular flexibility index (Phi) is 10.6. The number of amides is 1. The molecule has 0 atom stereocenters. The molecule has 0 unspecified atom stereocenters. The first-order chi connectivity index (χ1) is 16.1. The highest BCUT2D eigenvalue weighted by atomic mass is 32.2. The predicted molar refractivity (Wildman–Crippen MR) is 136 cm³/mol. The molecule has 0 saturated carbocycles. The number of rotatable bonds is 7. The minimum Gasteiger partial charge on any atom is -0.478 e. The van der Waals surface area contributed by atoms with Crippen LogP contribution in [0.3, 0.4) is 0 Å². The van der Waals surface area contributed by atoms with E-state index in [1.54, 1.807) is 22.9 Å². The molecule has 1 aromatic carbocycles. The minimum absolute atomic E-state index is 0.0326. The number of carboxylic acids is 2. The Bertz CT molecular complexity index is 973. The van der Waals surface area contributed by atoms with Gasteiger partial charge in [-0.3, -0.25) is 14.6 Å². The maximum atomic E-state index is 13.1. The van der Waals surface area contributed by atoms with E-state index >= 15 is 0 Å². The van der Waals surface area contributed by atoms with Crippen LogP contribution >= 0.6 is 23.5 Å². The van der Waals surface area contributed by atoms with Crippen molar-refractivity contribution in [2.24, 2.45) is 0 Å². The summed E-state index contributed by atoms with van der Waals surface area (Å²) in [6.45, 7) is 9.69. The molecule has 0 spiro atoms. The van der Waals surface area contributed by atoms with Crippen molar-refractivity contribution in [3.05, 3.63) is 54.7 Å². The number of thioether (sulfide) groups is 1. The molecule has 1 aliphatic heterocycles. The van der Waals surface area contributed by atoms with Crippen LogP contribution in [0.1, 0.15) is 27.7 Å². The summed E-state index contributed by atoms with van der Waals surface area (Å²) in [6.07, 6.45) is 2.86. The zero-order chi connectivity index (χ0) is 25.3. The van der Waals surface area contributed by atoms with Gasteiger partial charge >= 0.3 is 11.9 Å². The molecule has 0 aliphatic carbocycles. The molecule has 2 aromatic rings. The Morgan fingerprint density at radius 3 is 2.18 bits per heavy atom. The molecule has 3 rings (SSSR count). The second-order valence-electron chi connectivity index (χ2n) is 7.78. The van der Waals surface area contributed by atoms with Crippen LogP contribution < -0.4 is 4.90 Å². The van der Waals surface area contributed by atoms with E-state index in [1.165, 1.54) is 11.8 Å². The lowest BCUT2D eigenvalue weighted by molar-refractivity contribution is -0.134. The van der Waals surface area contributed by atoms with Gasteiger partial charge in [0.15, 0.2) is 5.82 Å². The summed E-state index contributed by atoms with van der Waals surface area (Å²) >= 11 is 3.04. The van der Waals surface area contributed by atoms with Gasteiger partial charge in [-0.1, -0.05) is 35.7 Å². The first-order valence-corrected chi connectivity index (χ1v) is 12.5. The number of anilines is 2. The highest BCUT2D eigenvalue weighted by Crippen LogP contribution is 2.47. The second kappa shape index (κ2) is 13.2. The zero-order valence-corrected chi connectivity index (χ0v) is 21.2. The van der Waals surface area contributed by atoms with Gasteiger partial charge in [-0.15, -0.1) is 0 Å². The van der Waals surface area contributed by atoms with Crippen molar-refractivity contribution in [2.45, 2.75) is 49.6 Å². The molecule has 1 aliphatic rings. The quantitative estimate of drug-likeness (QED) is 0.482. The number of carboxylic acid groups (broad SMARTS) is 2. The van der Waals surface area contributed by atoms with E-state index in [0.717, 1.165) is 33.6 Å². The Labute approximate surface area is 208 Å². The first kappa shape index (κ1) is 27.4. The highest BCUT2D eigenvalue weighted by molar-refractivity contribution is 8.14. The summed E-state index contributed by atoms with van der Waals surface area (Å²) in [6, 6.07) is 12.9. The fourth-order valence-corrected chi connectivity index (χ4v) is 5.15. The third-order valence-electron chi connectivity index (χ3n) is 4.74. The largest absolute Gasteiger partial charge is 0.478 e. The molecule has 10 heteroatoms. The number of hydrogen-bond donors (Lipinski definition) is 2. The van der Waals surface area contributed by atoms with E-state index < -0.39 is 11.9 Å². The van der Waals surface area contributed by atoms with Crippen LogP contribution in [0.15, 0.2) is 64.5 Å². The fraction of sp³-hybridized carbons (Fsp3) is 0.333. The third kappa shape index (κ3) is 7.89. The van der Waals surface area contributed by atoms with Crippen molar-refractivity contribution >= 4 is 52.2 Å². The zero-order valence-electron chi connectivity index (χ0n) is 19.5. The average molecular weight is 504 g/mol. The van der Waals surface area contributed by atoms with Crippen molar-refractivity contribution < 1.29 is 24.6 Å². The van der Waals surface area contributed by atoms with Crippen LogP contribution in [-0.2, 0) is 9.59 Å². The third-order valence-corrected chi connectivity index (χ3v) is 6.66. The molecule has 0 fully saturated rings. The molecular formula is C24H29N3O5S2. The molecule has 0 saturated heterocycles. The molecule has 2 heterocycles. The number of para-hydroxylation sites is 1. The van der Waals surface area contributed by atoms with Gasteiger partial charge in [0.1, 0.15) is 0 Å². The number of benzene rings is 1. The lowest BCUT2D eigenvalue weighted by Crippen LogP contribution is -2.39. The molecule has 0 radical (unpaired) electrons. The van der Waals surface area contributed by atoms with Gasteiger partial charge in [-0.25, -0.2) is 14.6 Å². The van der Waals surface area contributed by atoms with E-state index in [-0.39, 0.29) is 5.24 Å². The number of pyridine rings is 1. The maximum Gasteiger partial charge on any atom is 0.328 e. The Balaban J connectivity index is 0.000000440. The molecule has 2 N–H and O–H groups in total. The number of aliphatic carboxylic acids is 2. The number of hydrogen-bond acceptors (Lipinski definition) is 7. The van der Waals surface area contributed by atoms with Gasteiger partial charge in [-0.05, 0) is 52.0 Å². The van der Waals surface area contributed by atoms with E-state index in [1.807, 2.05) is 30.3 Å². The van der Waals surface area contributed by atoms with Crippen molar-refractivity contribution in [1.82, 2.24) is 9.88 Å². The smallest absolute Gasteiger partial charge is 0.328 e. The summed E-state index contributed by atoms with van der Waals surface area (Å²) in [5.41, 5.74) is 0.922. The monoisotopic (exact) mass is 503 g/mol. The van der Waals surface area contributed by atoms with Crippen LogP contribution in [0.2, 0.25) is 0 Å². The Morgan fingerprint density at radius 2 is 1.59 bits per heavy atom. The standard InChI is InChI=1S/C20H25N3OS2.C4H4O4/c1-14(2)22(15(3)4)12-13-25-20(24)23-16-8-5-6-9-17(16)26-18-10-7-11-21-19(18)23;5-3(6)1-2-4(7)8/h5-11,14-15H,12-13H2,1-4H3;1-2H,(H,5,6)(H,7,8). The van der Waals surface area contributed by atoms with Crippen LogP contribution in [0.25, 0.3) is 0 Å². The van der Waals surface area contributed by atoms with Crippen LogP contribution in [0, 0.1) is 0 Å². The van der Waals surface area contributed by atoms with Gasteiger partial charge < -0.3 is 10.2 Å². The molecule has 0 bridgehead atoms. The number of nitrogens with zero attached hydrogens (tertiary/aromatic N) is 3. The molecule has 182 valence electrons. The first-order valence-electron chi connectivity index (χ1n) is 10.7. The summed E-state index contributed by atoms with van der Waals surface area (Å²) in [4.78, 5) is 42.9. The average Bonchev–Trinajstić information content (AvgIpc) is 2.78. The van der Waals surface area contributed by atoms with Gasteiger partial charge in [0, 0.05) is 47.6 Å². The van der Waals surface area contributed by atoms with Gasteiger partial charge in [0.2, 0.25) is 0 Å². The summed E-state index contributed by atoms with van der Waals surface area (Å²) in [5, 5.41) is 15.7. The topological polar surface area (TPSA) is 111 Å². The van der Waals surface area contributed by atoms with Gasteiger partial charge in [-0.2, -0.15) is 0 Å². The van der Waals surface area contributed by atoms with Crippen molar-refractivity contribution in [1.29, 1.82) is 0 Å². The van der Waals surface area contributed by atoms with Crippen molar-refractivity contribution in [3.63, 3.8) is 0 Å². The molecule has 1 amide bonds. The van der Waals surface area contributed by atoms with Crippen molar-refractivity contribution in [2.75, 3.05) is 17.2 Å². The number of carbonyl (C=O) groups is 3. The molecule has 1 aromatic heterocycles. The lowest BCUT2D eigenvalue weighted by Gasteiger charge is -2.31. The van der Waals surface area contributed by atoms with E-state index in [2.05, 4.69) is 43.6 Å². The SMILES string of the molecule is CC(C)N(CCSC(=O)N1c2ccccc2Sc2cccnc21)C(C)C.O=C(O)C=CC(=O)O. The van der Waals surface area contributed by atoms with E-state index in [4.69, 9.17) is 10.2 Å². The Hall–Kier alpha value is -2.82. The molecular weight excluding hydrogens is 474 g/mol. The van der Waals surface area contributed by atoms with E-state index in [0.29, 0.717) is 24.2 Å². The van der Waals surface area contributed by atoms with Gasteiger partial charge in [0.25, 0.3) is 5.24 Å². The summed E-state index contributed by atoms with van der Waals surface area (Å²) in [5.74, 6) is -1.01. The predicted octanol–water partition coefficient (Wildman–Crippen LogP) is 5.37. The summed E-state index contributed by atoms with van der Waals surface area (Å²) in [7, 11) is 0. The van der Waals surface area contributed by atoms with Gasteiger partial charge in [0.05, 0.1) is 10.6 Å². The minimum atomic E-state index is -1.26. The number of aromatic nitrogens is 1. The van der Waals surface area contributed by atoms with Crippen LogP contribution in [0.4, 0.5) is 16.3 Å². The van der Waals surface area contributed by atoms with Crippen molar-refractivity contribution in [3.8, 4) is 0 Å². The summed E-state index contributed by atoms with van der Waals surface area (Å²) < 4.78 is 0. The van der Waals surface area contributed by atoms with Crippen LogP contribution in [0.5, 0.6) is 0 Å². The van der Waals surface area contributed by atoms with Crippen LogP contribution in [-0.4, -0.2) is 61.7 Å². The maximum absolute atomic E-state index is 13.1. The second-order valence-corrected chi connectivity index (χ2v) is 9.91.